The Bertz CT molecular complexity index is 1400. The molecule has 0 bridgehead atoms. The number of carbonyl (C=O) groups excluding carboxylic acids is 7. The van der Waals surface area contributed by atoms with Gasteiger partial charge in [0.15, 0.2) is 5.12 Å². The van der Waals surface area contributed by atoms with Crippen molar-refractivity contribution in [1.82, 2.24) is 21.3 Å². The number of amides is 5. The first kappa shape index (κ1) is 55.5. The molecule has 0 aromatic rings. The number of primary amides is 1. The highest BCUT2D eigenvalue weighted by Crippen LogP contribution is 2.39. The number of alkyl carbamates (subject to hydrolysis) is 1. The number of nitrogens with one attached hydrogen (secondary N) is 4. The van der Waals surface area contributed by atoms with Crippen LogP contribution in [-0.4, -0.2) is 130 Å². The van der Waals surface area contributed by atoms with Crippen LogP contribution < -0.4 is 27.0 Å². The first-order valence-corrected chi connectivity index (χ1v) is 22.2. The predicted octanol–water partition coefficient (Wildman–Crippen LogP) is 2.34. The summed E-state index contributed by atoms with van der Waals surface area (Å²) in [6, 6.07) is -4.06. The van der Waals surface area contributed by atoms with Crippen LogP contribution in [-0.2, 0) is 47.7 Å². The van der Waals surface area contributed by atoms with E-state index in [0.717, 1.165) is 64.7 Å². The van der Waals surface area contributed by atoms with Crippen molar-refractivity contribution in [1.29, 1.82) is 0 Å². The second-order valence-electron chi connectivity index (χ2n) is 16.4. The van der Waals surface area contributed by atoms with E-state index >= 15 is 0 Å². The molecule has 5 amide bonds. The maximum absolute atomic E-state index is 13.1. The number of thioether (sulfide) groups is 1. The van der Waals surface area contributed by atoms with Gasteiger partial charge in [0.2, 0.25) is 28.7 Å². The molecule has 1 saturated heterocycles. The average molecular weight is 892 g/mol. The number of rotatable bonds is 29. The predicted molar refractivity (Wildman–Crippen MR) is 226 cm³/mol. The molecule has 352 valence electrons. The fourth-order valence-corrected chi connectivity index (χ4v) is 7.52. The van der Waals surface area contributed by atoms with Crippen molar-refractivity contribution in [3.63, 3.8) is 0 Å². The molecule has 8 atom stereocenters. The Morgan fingerprint density at radius 2 is 1.38 bits per heavy atom. The first-order valence-electron chi connectivity index (χ1n) is 21.4. The first-order chi connectivity index (χ1) is 28.6. The molecule has 1 aliphatic heterocycles. The maximum Gasteiger partial charge on any atom is 0.407 e. The minimum atomic E-state index is -2.50. The molecular weight excluding hydrogens is 819 g/mol. The minimum absolute atomic E-state index is 0.0795. The van der Waals surface area contributed by atoms with Gasteiger partial charge in [-0.05, 0) is 65.6 Å². The Kier molecular flexibility index (Phi) is 26.3. The number of methoxy groups -OCH3 is 1. The summed E-state index contributed by atoms with van der Waals surface area (Å²) in [5.41, 5.74) is 4.85. The third kappa shape index (κ3) is 22.9. The number of aliphatic hydroxyl groups is 3. The summed E-state index contributed by atoms with van der Waals surface area (Å²) in [7, 11) is 1.17. The summed E-state index contributed by atoms with van der Waals surface area (Å²) in [6.45, 7) is 9.05. The van der Waals surface area contributed by atoms with E-state index in [-0.39, 0.29) is 25.4 Å². The molecule has 1 fully saturated rings. The second-order valence-corrected chi connectivity index (χ2v) is 17.7. The Labute approximate surface area is 364 Å². The van der Waals surface area contributed by atoms with Gasteiger partial charge in [-0.1, -0.05) is 70.6 Å². The number of aliphatic hydroxyl groups excluding tert-OH is 2. The maximum atomic E-state index is 13.1. The highest BCUT2D eigenvalue weighted by molar-refractivity contribution is 8.14. The van der Waals surface area contributed by atoms with Gasteiger partial charge in [-0.15, -0.1) is 0 Å². The molecule has 0 saturated carbocycles. The summed E-state index contributed by atoms with van der Waals surface area (Å²) >= 11 is 0.388. The number of nitrogens with two attached hydrogens (primary N) is 1. The van der Waals surface area contributed by atoms with Crippen LogP contribution in [0, 0.1) is 0 Å². The molecule has 1 aliphatic rings. The molecule has 0 aromatic heterocycles. The molecule has 0 aliphatic carbocycles. The van der Waals surface area contributed by atoms with Crippen LogP contribution in [0.3, 0.4) is 0 Å². The number of ether oxygens (including phenoxy) is 4. The van der Waals surface area contributed by atoms with Gasteiger partial charge in [-0.3, -0.25) is 28.8 Å². The molecule has 0 spiro atoms. The van der Waals surface area contributed by atoms with Crippen molar-refractivity contribution in [3.8, 4) is 0 Å². The van der Waals surface area contributed by atoms with E-state index < -0.39 is 94.6 Å². The zero-order valence-electron chi connectivity index (χ0n) is 37.1. The Morgan fingerprint density at radius 1 is 0.836 bits per heavy atom. The van der Waals surface area contributed by atoms with Crippen LogP contribution in [0.5, 0.6) is 0 Å². The summed E-state index contributed by atoms with van der Waals surface area (Å²) in [4.78, 5) is 86.3. The van der Waals surface area contributed by atoms with Gasteiger partial charge in [-0.25, -0.2) is 4.79 Å². The summed E-state index contributed by atoms with van der Waals surface area (Å²) in [5, 5.41) is 39.8. The van der Waals surface area contributed by atoms with E-state index in [1.54, 1.807) is 0 Å². The third-order valence-electron chi connectivity index (χ3n) is 9.79. The lowest BCUT2D eigenvalue weighted by Crippen LogP contribution is -2.70. The van der Waals surface area contributed by atoms with Gasteiger partial charge < -0.3 is 61.3 Å². The smallest absolute Gasteiger partial charge is 0.407 e. The lowest BCUT2D eigenvalue weighted by Gasteiger charge is -2.48. The van der Waals surface area contributed by atoms with Gasteiger partial charge in [0.25, 0.3) is 0 Å². The van der Waals surface area contributed by atoms with Crippen molar-refractivity contribution < 1.29 is 67.8 Å². The molecule has 61 heavy (non-hydrogen) atoms. The molecule has 20 heteroatoms. The van der Waals surface area contributed by atoms with E-state index in [2.05, 4.69) is 26.0 Å². The van der Waals surface area contributed by atoms with Crippen LogP contribution in [0.4, 0.5) is 4.79 Å². The van der Waals surface area contributed by atoms with Crippen molar-refractivity contribution in [2.45, 2.75) is 198 Å². The zero-order chi connectivity index (χ0) is 46.2. The lowest BCUT2D eigenvalue weighted by atomic mass is 9.96. The molecule has 0 aromatic carbocycles. The number of esters is 1. The van der Waals surface area contributed by atoms with Gasteiger partial charge in [0.05, 0.1) is 13.7 Å². The van der Waals surface area contributed by atoms with Crippen molar-refractivity contribution in [3.05, 3.63) is 0 Å². The summed E-state index contributed by atoms with van der Waals surface area (Å²) in [6.07, 6.45) is 6.52. The van der Waals surface area contributed by atoms with Crippen molar-refractivity contribution in [2.24, 2.45) is 5.73 Å². The highest BCUT2D eigenvalue weighted by atomic mass is 32.2. The average Bonchev–Trinajstić information content (AvgIpc) is 3.17. The lowest BCUT2D eigenvalue weighted by molar-refractivity contribution is -0.283. The molecule has 19 nitrogen and oxygen atoms in total. The summed E-state index contributed by atoms with van der Waals surface area (Å²) in [5.74, 6) is -3.88. The van der Waals surface area contributed by atoms with Gasteiger partial charge >= 0.3 is 12.1 Å². The van der Waals surface area contributed by atoms with Gasteiger partial charge in [0, 0.05) is 26.3 Å². The van der Waals surface area contributed by atoms with E-state index in [4.69, 9.17) is 19.9 Å². The Balaban J connectivity index is 2.58. The molecular formula is C41H73N5O14S. The Hall–Kier alpha value is -3.56. The minimum Gasteiger partial charge on any atom is -0.469 e. The van der Waals surface area contributed by atoms with Crippen molar-refractivity contribution in [2.75, 3.05) is 20.3 Å². The van der Waals surface area contributed by atoms with E-state index in [9.17, 15) is 48.9 Å². The van der Waals surface area contributed by atoms with Crippen LogP contribution in [0.25, 0.3) is 0 Å². The van der Waals surface area contributed by atoms with E-state index in [1.807, 2.05) is 20.8 Å². The zero-order valence-corrected chi connectivity index (χ0v) is 37.9. The van der Waals surface area contributed by atoms with E-state index in [1.165, 1.54) is 40.2 Å². The molecule has 1 heterocycles. The SMILES string of the molecule is COC(=O)CC[C@H](NC(=O)[C@H](C)NC(=O)[C@@H](C)O[C@H]1[C@H](O)[C@@H](CO)OC(O)(SC(=O)CCCCCCCCCCCCCCCNC(=O)OC(C)(C)C)[C@@H]1NC(C)=O)C(N)=O. The van der Waals surface area contributed by atoms with Crippen LogP contribution >= 0.6 is 11.8 Å². The topological polar surface area (TPSA) is 291 Å². The van der Waals surface area contributed by atoms with Gasteiger partial charge in [-0.2, -0.15) is 0 Å². The molecule has 1 unspecified atom stereocenters. The van der Waals surface area contributed by atoms with Crippen LogP contribution in [0.15, 0.2) is 0 Å². The van der Waals surface area contributed by atoms with Crippen LogP contribution in [0.1, 0.15) is 144 Å². The normalized spacial score (nSPS) is 21.6. The Morgan fingerprint density at radius 3 is 1.87 bits per heavy atom. The third-order valence-corrected chi connectivity index (χ3v) is 10.9. The summed E-state index contributed by atoms with van der Waals surface area (Å²) < 4.78 is 21.2. The van der Waals surface area contributed by atoms with Crippen LogP contribution in [0.2, 0.25) is 0 Å². The number of unbranched alkanes of at least 4 members (excludes halogenated alkanes) is 12. The molecule has 0 radical (unpaired) electrons. The monoisotopic (exact) mass is 891 g/mol. The molecule has 1 rings (SSSR count). The number of hydrogen-bond donors (Lipinski definition) is 8. The second kappa shape index (κ2) is 28.9. The fraction of sp³-hybridized carbons (Fsp3) is 0.829. The quantitative estimate of drug-likeness (QED) is 0.0304. The molecule has 9 N–H and O–H groups in total. The standard InChI is InChI=1S/C41H73N5O14S/c1-26(37(53)46-29(36(42)52)22-23-31(49)57-7)44-38(54)27(2)58-34-33(51)30(25-47)59-41(56,35(34)45-28(3)48)61-32(50)21-19-17-15-13-11-9-8-10-12-14-16-18-20-24-43-39(55)60-40(4,5)6/h26-27,29-30,33-35,47,51,56H,8-25H2,1-7H3,(H2,42,52)(H,43,55)(H,44,54)(H,45,48)(H,46,53)/t26-,27+,29-,30+,33+,34-,35+,41?/m0/s1. The fourth-order valence-electron chi connectivity index (χ4n) is 6.46. The number of carbonyl (C=O) groups is 7. The largest absolute Gasteiger partial charge is 0.469 e. The van der Waals surface area contributed by atoms with Gasteiger partial charge in [0.1, 0.15) is 48.1 Å². The van der Waals surface area contributed by atoms with Crippen molar-refractivity contribution >= 4 is 52.6 Å². The number of hydrogen-bond acceptors (Lipinski definition) is 15. The highest BCUT2D eigenvalue weighted by Gasteiger charge is 2.57. The van der Waals surface area contributed by atoms with E-state index in [0.29, 0.717) is 24.7 Å².